The van der Waals surface area contributed by atoms with Gasteiger partial charge in [-0.05, 0) is 119 Å². The smallest absolute Gasteiger partial charge is 0.269 e. The van der Waals surface area contributed by atoms with Crippen molar-refractivity contribution in [2.45, 2.75) is 0 Å². The van der Waals surface area contributed by atoms with Crippen molar-refractivity contribution in [1.82, 2.24) is 19.9 Å². The van der Waals surface area contributed by atoms with E-state index in [-0.39, 0.29) is 22.7 Å². The van der Waals surface area contributed by atoms with Crippen LogP contribution in [0.2, 0.25) is 0 Å². The van der Waals surface area contributed by atoms with Crippen molar-refractivity contribution in [2.75, 3.05) is 0 Å². The summed E-state index contributed by atoms with van der Waals surface area (Å²) in [6.45, 7) is 0. The lowest BCUT2D eigenvalue weighted by atomic mass is 9.90. The van der Waals surface area contributed by atoms with E-state index in [1.165, 1.54) is 48.5 Å². The van der Waals surface area contributed by atoms with Gasteiger partial charge in [0, 0.05) is 87.3 Å². The van der Waals surface area contributed by atoms with E-state index < -0.39 is 19.7 Å². The SMILES string of the molecule is O=[N+]([O-])c1ccc(C2=Cc3cc4ccc(cc5nc(cc6[nH]c(c(-c7ccc([N+](=O)[O-])cc7)c2n3)c(-c2ccc([N+](=O)[O-])cc2)c6-c2ccc([N+](=O)[O-])cc2)C=C5)[nH]4)cc1. The number of hydrogen-bond acceptors (Lipinski definition) is 10. The number of nitrogens with zero attached hydrogens (tertiary/aromatic N) is 6. The van der Waals surface area contributed by atoms with E-state index in [1.54, 1.807) is 48.5 Å². The number of benzene rings is 4. The molecule has 0 atom stereocenters. The number of nitro groups is 4. The molecule has 0 saturated carbocycles. The molecule has 16 heteroatoms. The monoisotopic (exact) mass is 794 g/mol. The second-order valence-electron chi connectivity index (χ2n) is 13.8. The third-order valence-corrected chi connectivity index (χ3v) is 10.1. The van der Waals surface area contributed by atoms with Crippen molar-refractivity contribution >= 4 is 68.6 Å². The molecule has 0 fully saturated rings. The quantitative estimate of drug-likeness (QED) is 0.109. The number of aromatic nitrogens is 4. The Morgan fingerprint density at radius 1 is 0.417 bits per heavy atom. The molecule has 8 bridgehead atoms. The van der Waals surface area contributed by atoms with Crippen molar-refractivity contribution < 1.29 is 19.7 Å². The minimum Gasteiger partial charge on any atom is -0.355 e. The van der Waals surface area contributed by atoms with Crippen LogP contribution in [0.3, 0.4) is 0 Å². The standard InChI is InChI=1S/C44H26N8O8/c53-49(54)34-13-1-25(2-14-34)38-23-33-22-31-10-9-29(45-31)21-30-11-12-32(46-30)24-39-40(26-3-15-35(16-4-26)50(55)56)41(27-5-17-36(18-6-27)51(57)58)44(48-39)42(43(38)47-33)28-7-19-37(20-8-28)52(59)60/h1-24,45,48H. The first-order valence-electron chi connectivity index (χ1n) is 18.2. The second kappa shape index (κ2) is 14.5. The third-order valence-electron chi connectivity index (χ3n) is 10.1. The van der Waals surface area contributed by atoms with Gasteiger partial charge in [0.15, 0.2) is 0 Å². The largest absolute Gasteiger partial charge is 0.355 e. The fourth-order valence-corrected chi connectivity index (χ4v) is 7.36. The molecule has 60 heavy (non-hydrogen) atoms. The van der Waals surface area contributed by atoms with Crippen LogP contribution in [-0.2, 0) is 0 Å². The number of nitro benzene ring substituents is 4. The van der Waals surface area contributed by atoms with Gasteiger partial charge >= 0.3 is 0 Å². The first kappa shape index (κ1) is 36.7. The number of fused-ring (bicyclic) bond motifs is 8. The third kappa shape index (κ3) is 6.81. The zero-order chi connectivity index (χ0) is 41.7. The first-order valence-corrected chi connectivity index (χ1v) is 18.2. The highest BCUT2D eigenvalue weighted by Gasteiger charge is 2.26. The maximum absolute atomic E-state index is 11.9. The average molecular weight is 795 g/mol. The molecule has 7 aromatic rings. The molecule has 2 N–H and O–H groups in total. The molecule has 16 nitrogen and oxygen atoms in total. The van der Waals surface area contributed by atoms with Crippen LogP contribution in [0, 0.1) is 40.5 Å². The van der Waals surface area contributed by atoms with Crippen molar-refractivity contribution in [3.63, 3.8) is 0 Å². The molecule has 290 valence electrons. The lowest BCUT2D eigenvalue weighted by molar-refractivity contribution is -0.385. The average Bonchev–Trinajstić information content (AvgIpc) is 4.06. The van der Waals surface area contributed by atoms with Crippen molar-refractivity contribution in [3.8, 4) is 33.4 Å². The van der Waals surface area contributed by atoms with Gasteiger partial charge < -0.3 is 9.97 Å². The minimum atomic E-state index is -0.510. The minimum absolute atomic E-state index is 0.117. The van der Waals surface area contributed by atoms with E-state index in [2.05, 4.69) is 9.97 Å². The summed E-state index contributed by atoms with van der Waals surface area (Å²) in [5.74, 6) is 0. The highest BCUT2D eigenvalue weighted by Crippen LogP contribution is 2.46. The van der Waals surface area contributed by atoms with Gasteiger partial charge in [0.05, 0.1) is 48.0 Å². The highest BCUT2D eigenvalue weighted by molar-refractivity contribution is 6.11. The van der Waals surface area contributed by atoms with Crippen molar-refractivity contribution in [1.29, 1.82) is 0 Å². The molecule has 2 aliphatic rings. The molecule has 2 aliphatic heterocycles. The van der Waals surface area contributed by atoms with Gasteiger partial charge in [-0.1, -0.05) is 0 Å². The molecule has 5 heterocycles. The zero-order valence-corrected chi connectivity index (χ0v) is 30.8. The van der Waals surface area contributed by atoms with Gasteiger partial charge in [-0.3, -0.25) is 40.5 Å². The van der Waals surface area contributed by atoms with Crippen LogP contribution in [0.25, 0.3) is 79.2 Å². The summed E-state index contributed by atoms with van der Waals surface area (Å²) in [5, 5.41) is 47.2. The number of nitrogens with one attached hydrogen (secondary N) is 2. The van der Waals surface area contributed by atoms with Crippen LogP contribution in [0.1, 0.15) is 28.3 Å². The Morgan fingerprint density at radius 2 is 0.833 bits per heavy atom. The van der Waals surface area contributed by atoms with Gasteiger partial charge in [0.1, 0.15) is 0 Å². The Labute approximate surface area is 337 Å². The van der Waals surface area contributed by atoms with Crippen molar-refractivity contribution in [3.05, 3.63) is 196 Å². The summed E-state index contributed by atoms with van der Waals surface area (Å²) in [5.41, 5.74) is 8.29. The molecular weight excluding hydrogens is 769 g/mol. The van der Waals surface area contributed by atoms with Gasteiger partial charge in [0.25, 0.3) is 22.7 Å². The van der Waals surface area contributed by atoms with E-state index in [0.29, 0.717) is 78.3 Å². The maximum atomic E-state index is 11.9. The molecule has 0 unspecified atom stereocenters. The van der Waals surface area contributed by atoms with Gasteiger partial charge in [-0.15, -0.1) is 0 Å². The summed E-state index contributed by atoms with van der Waals surface area (Å²) in [4.78, 5) is 62.1. The van der Waals surface area contributed by atoms with Crippen LogP contribution >= 0.6 is 0 Å². The molecule has 4 aromatic carbocycles. The molecular formula is C44H26N8O8. The topological polar surface area (TPSA) is 230 Å². The number of non-ortho nitro benzene ring substituents is 4. The highest BCUT2D eigenvalue weighted by atomic mass is 16.6. The molecule has 0 radical (unpaired) electrons. The van der Waals surface area contributed by atoms with E-state index in [9.17, 15) is 40.5 Å². The Bertz CT molecular complexity index is 3190. The molecule has 0 spiro atoms. The summed E-state index contributed by atoms with van der Waals surface area (Å²) in [6, 6.07) is 33.2. The zero-order valence-electron chi connectivity index (χ0n) is 30.8. The Morgan fingerprint density at radius 3 is 1.32 bits per heavy atom. The van der Waals surface area contributed by atoms with Crippen LogP contribution in [0.15, 0.2) is 127 Å². The maximum Gasteiger partial charge on any atom is 0.269 e. The van der Waals surface area contributed by atoms with Gasteiger partial charge in [-0.25, -0.2) is 9.97 Å². The predicted octanol–water partition coefficient (Wildman–Crippen LogP) is 10.7. The summed E-state index contributed by atoms with van der Waals surface area (Å²) in [7, 11) is 0. The molecule has 0 aliphatic carbocycles. The van der Waals surface area contributed by atoms with Crippen molar-refractivity contribution in [2.24, 2.45) is 0 Å². The number of rotatable bonds is 8. The second-order valence-corrected chi connectivity index (χ2v) is 13.8. The van der Waals surface area contributed by atoms with E-state index in [0.717, 1.165) is 11.0 Å². The Kier molecular flexibility index (Phi) is 8.90. The normalized spacial score (nSPS) is 11.9. The lowest BCUT2D eigenvalue weighted by Crippen LogP contribution is -1.95. The van der Waals surface area contributed by atoms with Crippen LogP contribution in [0.4, 0.5) is 22.7 Å². The first-order chi connectivity index (χ1) is 29.0. The van der Waals surface area contributed by atoms with E-state index in [1.807, 2.05) is 48.6 Å². The van der Waals surface area contributed by atoms with E-state index in [4.69, 9.17) is 9.97 Å². The fraction of sp³-hybridized carbons (Fsp3) is 0. The van der Waals surface area contributed by atoms with Gasteiger partial charge in [0.2, 0.25) is 0 Å². The number of hydrogen-bond donors (Lipinski definition) is 2. The molecule has 0 saturated heterocycles. The Hall–Kier alpha value is -8.92. The van der Waals surface area contributed by atoms with Crippen LogP contribution in [0.5, 0.6) is 0 Å². The number of aromatic amines is 2. The number of H-pyrrole nitrogens is 2. The molecule has 9 rings (SSSR count). The summed E-state index contributed by atoms with van der Waals surface area (Å²) < 4.78 is 0. The van der Waals surface area contributed by atoms with E-state index >= 15 is 0 Å². The summed E-state index contributed by atoms with van der Waals surface area (Å²) in [6.07, 6.45) is 5.54. The summed E-state index contributed by atoms with van der Waals surface area (Å²) >= 11 is 0. The molecule has 0 amide bonds. The fourth-order valence-electron chi connectivity index (χ4n) is 7.36. The molecule has 3 aromatic heterocycles. The van der Waals surface area contributed by atoms with Crippen LogP contribution in [-0.4, -0.2) is 39.6 Å². The lowest BCUT2D eigenvalue weighted by Gasteiger charge is -2.12. The predicted molar refractivity (Wildman–Crippen MR) is 226 cm³/mol. The van der Waals surface area contributed by atoms with Gasteiger partial charge in [-0.2, -0.15) is 0 Å². The Balaban J connectivity index is 1.50. The van der Waals surface area contributed by atoms with Crippen LogP contribution < -0.4 is 0 Å².